The lowest BCUT2D eigenvalue weighted by atomic mass is 10.1. The Kier molecular flexibility index (Phi) is 5.51. The van der Waals surface area contributed by atoms with E-state index in [0.29, 0.717) is 5.16 Å². The highest BCUT2D eigenvalue weighted by molar-refractivity contribution is 7.99. The van der Waals surface area contributed by atoms with Crippen molar-refractivity contribution in [3.63, 3.8) is 0 Å². The number of nitrogens with zero attached hydrogens (tertiary/aromatic N) is 4. The molecule has 0 radical (unpaired) electrons. The van der Waals surface area contributed by atoms with Crippen LogP contribution in [0.2, 0.25) is 0 Å². The Morgan fingerprint density at radius 3 is 2.46 bits per heavy atom. The van der Waals surface area contributed by atoms with Crippen LogP contribution in [0.1, 0.15) is 28.9 Å². The average Bonchev–Trinajstić information content (AvgIpc) is 3.03. The first-order valence-corrected chi connectivity index (χ1v) is 8.89. The van der Waals surface area contributed by atoms with Gasteiger partial charge < -0.3 is 4.74 Å². The SMILES string of the molecule is Cc1ccc(-n2nnnc2SC(C)c2ccc(OC(F)F)cc2)c(C)c1. The van der Waals surface area contributed by atoms with Crippen LogP contribution in [0.4, 0.5) is 8.78 Å². The van der Waals surface area contributed by atoms with Crippen molar-refractivity contribution < 1.29 is 13.5 Å². The first-order valence-electron chi connectivity index (χ1n) is 8.01. The smallest absolute Gasteiger partial charge is 0.387 e. The Balaban J connectivity index is 1.78. The van der Waals surface area contributed by atoms with Gasteiger partial charge in [0.15, 0.2) is 0 Å². The Morgan fingerprint density at radius 1 is 1.08 bits per heavy atom. The summed E-state index contributed by atoms with van der Waals surface area (Å²) in [4.78, 5) is 0. The minimum Gasteiger partial charge on any atom is -0.435 e. The molecular formula is C18H18F2N4OS. The van der Waals surface area contributed by atoms with Crippen molar-refractivity contribution in [1.82, 2.24) is 20.2 Å². The molecule has 1 atom stereocenters. The van der Waals surface area contributed by atoms with E-state index in [4.69, 9.17) is 0 Å². The predicted octanol–water partition coefficient (Wildman–Crippen LogP) is 4.73. The van der Waals surface area contributed by atoms with Gasteiger partial charge in [-0.05, 0) is 60.5 Å². The molecule has 1 unspecified atom stereocenters. The summed E-state index contributed by atoms with van der Waals surface area (Å²) in [5, 5.41) is 12.7. The quantitative estimate of drug-likeness (QED) is 0.582. The molecule has 5 nitrogen and oxygen atoms in total. The number of tetrazole rings is 1. The molecule has 136 valence electrons. The zero-order chi connectivity index (χ0) is 18.7. The van der Waals surface area contributed by atoms with E-state index in [-0.39, 0.29) is 11.0 Å². The molecule has 1 heterocycles. The molecule has 0 bridgehead atoms. The number of thioether (sulfide) groups is 1. The molecule has 0 N–H and O–H groups in total. The maximum atomic E-state index is 12.2. The van der Waals surface area contributed by atoms with Crippen molar-refractivity contribution in [3.8, 4) is 11.4 Å². The van der Waals surface area contributed by atoms with Crippen LogP contribution in [-0.4, -0.2) is 26.8 Å². The number of rotatable bonds is 6. The Morgan fingerprint density at radius 2 is 1.81 bits per heavy atom. The number of hydrogen-bond donors (Lipinski definition) is 0. The summed E-state index contributed by atoms with van der Waals surface area (Å²) in [7, 11) is 0. The second-order valence-corrected chi connectivity index (χ2v) is 7.18. The molecule has 0 spiro atoms. The standard InChI is InChI=1S/C18H18F2N4OS/c1-11-4-9-16(12(2)10-11)24-18(21-22-23-24)26-13(3)14-5-7-15(8-6-14)25-17(19)20/h4-10,13,17H,1-3H3. The average molecular weight is 376 g/mol. The molecule has 8 heteroatoms. The number of halogens is 2. The summed E-state index contributed by atoms with van der Waals surface area (Å²) in [6, 6.07) is 12.7. The maximum absolute atomic E-state index is 12.2. The number of aryl methyl sites for hydroxylation is 2. The van der Waals surface area contributed by atoms with Crippen LogP contribution in [0.3, 0.4) is 0 Å². The molecule has 3 rings (SSSR count). The van der Waals surface area contributed by atoms with Gasteiger partial charge in [-0.15, -0.1) is 5.10 Å². The number of hydrogen-bond acceptors (Lipinski definition) is 5. The summed E-state index contributed by atoms with van der Waals surface area (Å²) in [5.41, 5.74) is 4.15. The normalized spacial score (nSPS) is 12.4. The van der Waals surface area contributed by atoms with Crippen LogP contribution in [0, 0.1) is 13.8 Å². The Hall–Kier alpha value is -2.48. The molecule has 0 saturated heterocycles. The van der Waals surface area contributed by atoms with Gasteiger partial charge in [0.2, 0.25) is 5.16 Å². The summed E-state index contributed by atoms with van der Waals surface area (Å²) in [6.07, 6.45) is 0. The third kappa shape index (κ3) is 4.19. The van der Waals surface area contributed by atoms with Crippen molar-refractivity contribution in [1.29, 1.82) is 0 Å². The fourth-order valence-corrected chi connectivity index (χ4v) is 3.52. The summed E-state index contributed by atoms with van der Waals surface area (Å²) < 4.78 is 30.6. The molecule has 3 aromatic rings. The lowest BCUT2D eigenvalue weighted by Crippen LogP contribution is -2.03. The minimum absolute atomic E-state index is 0.0334. The minimum atomic E-state index is -2.82. The number of benzene rings is 2. The molecule has 0 amide bonds. The van der Waals surface area contributed by atoms with Gasteiger partial charge in [-0.1, -0.05) is 41.6 Å². The lowest BCUT2D eigenvalue weighted by Gasteiger charge is -2.13. The summed E-state index contributed by atoms with van der Waals surface area (Å²) in [5.74, 6) is 0.140. The third-order valence-electron chi connectivity index (χ3n) is 3.88. The molecule has 0 saturated carbocycles. The highest BCUT2D eigenvalue weighted by atomic mass is 32.2. The largest absolute Gasteiger partial charge is 0.435 e. The van der Waals surface area contributed by atoms with Crippen molar-refractivity contribution >= 4 is 11.8 Å². The monoisotopic (exact) mass is 376 g/mol. The van der Waals surface area contributed by atoms with Crippen molar-refractivity contribution in [3.05, 3.63) is 59.2 Å². The topological polar surface area (TPSA) is 52.8 Å². The van der Waals surface area contributed by atoms with Crippen LogP contribution in [-0.2, 0) is 0 Å². The third-order valence-corrected chi connectivity index (χ3v) is 4.97. The van der Waals surface area contributed by atoms with E-state index in [9.17, 15) is 8.78 Å². The van der Waals surface area contributed by atoms with Crippen LogP contribution in [0.5, 0.6) is 5.75 Å². The van der Waals surface area contributed by atoms with E-state index in [1.807, 2.05) is 32.9 Å². The number of aromatic nitrogens is 4. The fourth-order valence-electron chi connectivity index (χ4n) is 2.59. The second kappa shape index (κ2) is 7.82. The van der Waals surface area contributed by atoms with Crippen molar-refractivity contribution in [2.24, 2.45) is 0 Å². The van der Waals surface area contributed by atoms with E-state index in [2.05, 4.69) is 26.3 Å². The second-order valence-electron chi connectivity index (χ2n) is 5.87. The molecule has 0 aliphatic heterocycles. The Bertz CT molecular complexity index is 883. The first kappa shape index (κ1) is 18.3. The van der Waals surface area contributed by atoms with E-state index in [0.717, 1.165) is 16.8 Å². The molecule has 26 heavy (non-hydrogen) atoms. The van der Waals surface area contributed by atoms with E-state index in [1.54, 1.807) is 16.8 Å². The van der Waals surface area contributed by atoms with Gasteiger partial charge in [-0.2, -0.15) is 13.5 Å². The lowest BCUT2D eigenvalue weighted by molar-refractivity contribution is -0.0498. The highest BCUT2D eigenvalue weighted by Crippen LogP contribution is 2.35. The summed E-state index contributed by atoms with van der Waals surface area (Å²) in [6.45, 7) is 3.24. The molecule has 2 aromatic carbocycles. The molecule has 0 fully saturated rings. The highest BCUT2D eigenvalue weighted by Gasteiger charge is 2.16. The van der Waals surface area contributed by atoms with Gasteiger partial charge >= 0.3 is 6.61 Å². The van der Waals surface area contributed by atoms with E-state index in [1.165, 1.54) is 29.5 Å². The van der Waals surface area contributed by atoms with Gasteiger partial charge in [0.25, 0.3) is 0 Å². The molecule has 1 aromatic heterocycles. The number of ether oxygens (including phenoxy) is 1. The van der Waals surface area contributed by atoms with Gasteiger partial charge in [-0.25, -0.2) is 0 Å². The first-order chi connectivity index (χ1) is 12.4. The molecule has 0 aliphatic rings. The van der Waals surface area contributed by atoms with Crippen LogP contribution in [0.15, 0.2) is 47.6 Å². The zero-order valence-electron chi connectivity index (χ0n) is 14.6. The van der Waals surface area contributed by atoms with Gasteiger partial charge in [0, 0.05) is 5.25 Å². The zero-order valence-corrected chi connectivity index (χ0v) is 15.4. The van der Waals surface area contributed by atoms with Crippen LogP contribution < -0.4 is 4.74 Å². The molecular weight excluding hydrogens is 358 g/mol. The maximum Gasteiger partial charge on any atom is 0.387 e. The van der Waals surface area contributed by atoms with Gasteiger partial charge in [0.05, 0.1) is 5.69 Å². The fraction of sp³-hybridized carbons (Fsp3) is 0.278. The van der Waals surface area contributed by atoms with Crippen molar-refractivity contribution in [2.75, 3.05) is 0 Å². The van der Waals surface area contributed by atoms with Gasteiger partial charge in [-0.3, -0.25) is 0 Å². The predicted molar refractivity (Wildman–Crippen MR) is 96.0 cm³/mol. The van der Waals surface area contributed by atoms with Crippen molar-refractivity contribution in [2.45, 2.75) is 37.8 Å². The van der Waals surface area contributed by atoms with E-state index < -0.39 is 6.61 Å². The van der Waals surface area contributed by atoms with Gasteiger partial charge in [0.1, 0.15) is 5.75 Å². The van der Waals surface area contributed by atoms with Crippen LogP contribution >= 0.6 is 11.8 Å². The van der Waals surface area contributed by atoms with E-state index >= 15 is 0 Å². The Labute approximate surface area is 154 Å². The van der Waals surface area contributed by atoms with Crippen LogP contribution in [0.25, 0.3) is 5.69 Å². The molecule has 0 aliphatic carbocycles. The number of alkyl halides is 2. The summed E-state index contributed by atoms with van der Waals surface area (Å²) >= 11 is 1.50.